The van der Waals surface area contributed by atoms with E-state index < -0.39 is 8.07 Å². The van der Waals surface area contributed by atoms with Crippen LogP contribution in [0.15, 0.2) is 97.1 Å². The summed E-state index contributed by atoms with van der Waals surface area (Å²) in [5.41, 5.74) is 6.00. The van der Waals surface area contributed by atoms with Crippen LogP contribution in [0.4, 0.5) is 22.7 Å². The molecule has 24 rings (SSSR count). The maximum Gasteiger partial charge on any atom is 0.179 e. The summed E-state index contributed by atoms with van der Waals surface area (Å²) in [7, 11) is -3.20. The molecule has 0 N–H and O–H groups in total. The number of rotatable bonds is 8. The van der Waals surface area contributed by atoms with Gasteiger partial charge in [0.05, 0.1) is 48.8 Å². The summed E-state index contributed by atoms with van der Waals surface area (Å²) >= 11 is 19.2. The van der Waals surface area contributed by atoms with Crippen LogP contribution in [0.2, 0.25) is 0 Å². The quantitative estimate of drug-likeness (QED) is 0.124. The van der Waals surface area contributed by atoms with E-state index in [1.165, 1.54) is 280 Å². The molecule has 0 aromatic heterocycles. The average molecular weight is 1690 g/mol. The van der Waals surface area contributed by atoms with E-state index in [0.29, 0.717) is 181 Å². The Kier molecular flexibility index (Phi) is 21.4. The van der Waals surface area contributed by atoms with E-state index in [0.717, 1.165) is 0 Å². The van der Waals surface area contributed by atoms with Crippen LogP contribution < -0.4 is 40.3 Å². The van der Waals surface area contributed by atoms with Crippen molar-refractivity contribution >= 4 is 146 Å². The van der Waals surface area contributed by atoms with Crippen LogP contribution in [0.3, 0.4) is 0 Å². The van der Waals surface area contributed by atoms with E-state index in [2.05, 4.69) is 211 Å². The second kappa shape index (κ2) is 31.9. The third kappa shape index (κ3) is 13.6. The number of thioether (sulfide) groups is 8. The molecule has 0 amide bonds. The maximum atomic E-state index is 7.29. The van der Waals surface area contributed by atoms with Crippen molar-refractivity contribution in [2.75, 3.05) is 19.6 Å². The van der Waals surface area contributed by atoms with E-state index in [1.807, 2.05) is 0 Å². The topological polar surface area (TPSA) is 49.9 Å². The van der Waals surface area contributed by atoms with E-state index >= 15 is 0 Å². The molecule has 20 fully saturated rings. The van der Waals surface area contributed by atoms with Crippen LogP contribution in [0, 0.1) is 0 Å². The largest absolute Gasteiger partial charge is 0.373 e. The maximum absolute atomic E-state index is 7.29. The van der Waals surface area contributed by atoms with Crippen molar-refractivity contribution < 1.29 is 18.9 Å². The molecular weight excluding hydrogens is 1560 g/mol. The van der Waals surface area contributed by atoms with Gasteiger partial charge in [-0.1, -0.05) is 151 Å². The van der Waals surface area contributed by atoms with Crippen LogP contribution in [-0.2, 0) is 18.9 Å². The molecule has 12 saturated carbocycles. The van der Waals surface area contributed by atoms with Gasteiger partial charge in [-0.3, -0.25) is 0 Å². The fourth-order valence-corrected chi connectivity index (χ4v) is 48.2. The minimum Gasteiger partial charge on any atom is -0.373 e. The summed E-state index contributed by atoms with van der Waals surface area (Å²) in [6.45, 7) is 0. The van der Waals surface area contributed by atoms with Crippen LogP contribution in [0.25, 0.3) is 0 Å². The number of hydrogen-bond donors (Lipinski definition) is 0. The van der Waals surface area contributed by atoms with Gasteiger partial charge in [0.2, 0.25) is 0 Å². The van der Waals surface area contributed by atoms with Crippen molar-refractivity contribution in [2.45, 2.75) is 438 Å². The van der Waals surface area contributed by atoms with Gasteiger partial charge < -0.3 is 38.5 Å². The first-order valence-corrected chi connectivity index (χ1v) is 56.8. The molecule has 0 spiro atoms. The van der Waals surface area contributed by atoms with Gasteiger partial charge >= 0.3 is 0 Å². The van der Waals surface area contributed by atoms with E-state index in [-0.39, 0.29) is 0 Å². The number of hydrogen-bond acceptors (Lipinski definition) is 16. The van der Waals surface area contributed by atoms with Crippen molar-refractivity contribution in [3.8, 4) is 0 Å². The highest BCUT2D eigenvalue weighted by atomic mass is 32.2. The first-order chi connectivity index (χ1) is 55.9. The van der Waals surface area contributed by atoms with Crippen LogP contribution >= 0.6 is 94.1 Å². The van der Waals surface area contributed by atoms with Gasteiger partial charge in [-0.25, -0.2) is 0 Å². The molecule has 12 aliphatic carbocycles. The Balaban J connectivity index is 0.648. The monoisotopic (exact) mass is 1680 g/mol. The highest BCUT2D eigenvalue weighted by Gasteiger charge is 2.59. The molecule has 4 aromatic carbocycles. The SMILES string of the molecule is c1cc([Si](c2ccc(N3C4CCCCC4SC4CC5OC6CCCCC6SC5CC43)cc2)(c2ccc(N3C4CCCCC4SC4CC5OC6CCCCC6SC5CC43)cc2)c2ccc(N3C4CCCCC4SC4CC5OC6CCCCC6SC5CC43)cc2)ccc1N1C2CCCCC2SC2CC3OC4CCCCC4SC3CC21. The average Bonchev–Trinajstić information content (AvgIpc) is 0.669. The van der Waals surface area contributed by atoms with Gasteiger partial charge in [-0.05, 0) is 223 Å². The van der Waals surface area contributed by atoms with Crippen LogP contribution in [0.1, 0.15) is 257 Å². The minimum atomic E-state index is -3.20. The summed E-state index contributed by atoms with van der Waals surface area (Å²) in [4.78, 5) is 12.5. The standard InChI is InChI=1S/C96H128N4O4S8Si/c1-9-25-81-65(17-1)97(69-49-93-77(53-89(69)105-81)101-73-21-5-13-29-85(73)109-93)57-33-41-61(42-34-57)113(62-43-35-58(36-44-62)98-66-18-2-10-26-82(66)106-90-54-78-94(50-70(90)98)110-86-30-14-6-22-74(86)102-78,63-45-37-59(38-46-63)99-67-19-3-11-27-83(67)107-91-55-79-95(51-71(91)99)111-87-31-15-7-23-75(87)103-79)64-47-39-60(40-48-64)100-68-20-4-12-28-84(68)108-92-56-80-96(52-72(92)100)112-88-32-16-8-24-76(88)104-80/h33-48,65-96H,1-32,49-56H2. The van der Waals surface area contributed by atoms with Crippen molar-refractivity contribution in [1.29, 1.82) is 0 Å². The smallest absolute Gasteiger partial charge is 0.179 e. The summed E-state index contributed by atoms with van der Waals surface area (Å²) in [5, 5.41) is 16.6. The summed E-state index contributed by atoms with van der Waals surface area (Å²) in [5.74, 6) is 0. The lowest BCUT2D eigenvalue weighted by Crippen LogP contribution is -2.74. The second-order valence-electron chi connectivity index (χ2n) is 39.8. The van der Waals surface area contributed by atoms with Crippen molar-refractivity contribution in [1.82, 2.24) is 0 Å². The number of ether oxygens (including phenoxy) is 4. The molecule has 32 unspecified atom stereocenters. The lowest BCUT2D eigenvalue weighted by atomic mass is 9.85. The molecule has 17 heteroatoms. The number of nitrogens with zero attached hydrogens (tertiary/aromatic N) is 4. The number of fused-ring (bicyclic) bond motifs is 16. The molecule has 608 valence electrons. The normalized spacial score (nSPS) is 46.2. The highest BCUT2D eigenvalue weighted by Crippen LogP contribution is 2.60. The van der Waals surface area contributed by atoms with Gasteiger partial charge in [0.1, 0.15) is 0 Å². The second-order valence-corrected chi connectivity index (χ2v) is 55.5. The summed E-state index contributed by atoms with van der Waals surface area (Å²) < 4.78 is 29.2. The van der Waals surface area contributed by atoms with Gasteiger partial charge in [0.15, 0.2) is 8.07 Å². The number of benzene rings is 4. The van der Waals surface area contributed by atoms with Gasteiger partial charge in [-0.2, -0.15) is 47.0 Å². The Labute approximate surface area is 713 Å². The molecule has 4 aromatic rings. The summed E-state index contributed by atoms with van der Waals surface area (Å²) in [6, 6.07) is 48.6. The Bertz CT molecular complexity index is 3490. The molecule has 8 heterocycles. The molecule has 0 radical (unpaired) electrons. The highest BCUT2D eigenvalue weighted by molar-refractivity contribution is 8.02. The lowest BCUT2D eigenvalue weighted by molar-refractivity contribution is -0.0494. The molecule has 113 heavy (non-hydrogen) atoms. The van der Waals surface area contributed by atoms with Crippen LogP contribution in [-0.4, -0.2) is 189 Å². The molecule has 8 aliphatic heterocycles. The zero-order chi connectivity index (χ0) is 74.0. The fraction of sp³-hybridized carbons (Fsp3) is 0.750. The zero-order valence-electron chi connectivity index (χ0n) is 67.2. The predicted octanol–water partition coefficient (Wildman–Crippen LogP) is 19.9. The van der Waals surface area contributed by atoms with Gasteiger partial charge in [-0.15, -0.1) is 47.0 Å². The van der Waals surface area contributed by atoms with E-state index in [4.69, 9.17) is 18.9 Å². The molecule has 20 aliphatic rings. The predicted molar refractivity (Wildman–Crippen MR) is 491 cm³/mol. The third-order valence-electron chi connectivity index (χ3n) is 33.8. The minimum absolute atomic E-state index is 0.408. The molecule has 8 saturated heterocycles. The van der Waals surface area contributed by atoms with Crippen molar-refractivity contribution in [2.24, 2.45) is 0 Å². The van der Waals surface area contributed by atoms with E-state index in [1.54, 1.807) is 20.7 Å². The number of anilines is 4. The lowest BCUT2D eigenvalue weighted by Gasteiger charge is -2.58. The molecule has 0 bridgehead atoms. The molecular formula is C96H128N4O4S8Si. The zero-order valence-corrected chi connectivity index (χ0v) is 74.7. The first kappa shape index (κ1) is 75.7. The van der Waals surface area contributed by atoms with Crippen molar-refractivity contribution in [3.05, 3.63) is 97.1 Å². The summed E-state index contributed by atoms with van der Waals surface area (Å²) in [6.07, 6.45) is 56.6. The Hall–Kier alpha value is -1.06. The molecule has 8 nitrogen and oxygen atoms in total. The Morgan fingerprint density at radius 2 is 0.381 bits per heavy atom. The van der Waals surface area contributed by atoms with Gasteiger partial charge in [0, 0.05) is 155 Å². The third-order valence-corrected chi connectivity index (χ3v) is 52.6. The Morgan fingerprint density at radius 1 is 0.186 bits per heavy atom. The van der Waals surface area contributed by atoms with E-state index in [9.17, 15) is 0 Å². The first-order valence-electron chi connectivity index (χ1n) is 47.3. The van der Waals surface area contributed by atoms with Gasteiger partial charge in [0.25, 0.3) is 0 Å². The Morgan fingerprint density at radius 3 is 0.611 bits per heavy atom. The van der Waals surface area contributed by atoms with Crippen molar-refractivity contribution in [3.63, 3.8) is 0 Å². The molecule has 32 atom stereocenters. The fourth-order valence-electron chi connectivity index (χ4n) is 28.7. The van der Waals surface area contributed by atoms with Crippen LogP contribution in [0.5, 0.6) is 0 Å².